The van der Waals surface area contributed by atoms with Gasteiger partial charge in [-0.2, -0.15) is 0 Å². The molecule has 146 valence electrons. The fraction of sp³-hybridized carbons (Fsp3) is 0.261. The zero-order valence-corrected chi connectivity index (χ0v) is 16.8. The van der Waals surface area contributed by atoms with Crippen molar-refractivity contribution < 1.29 is 0 Å². The Balaban J connectivity index is 1.79. The van der Waals surface area contributed by atoms with Crippen molar-refractivity contribution in [1.29, 1.82) is 0 Å². The molecule has 5 rings (SSSR count). The SMILES string of the molecule is CC1=CC(NC(C)C)Cn2c1c(-c1cnc3ccccc3c1)c1c(N)ncnc12. The fourth-order valence-electron chi connectivity index (χ4n) is 4.43. The van der Waals surface area contributed by atoms with Crippen molar-refractivity contribution >= 4 is 33.3 Å². The van der Waals surface area contributed by atoms with E-state index in [-0.39, 0.29) is 6.04 Å². The van der Waals surface area contributed by atoms with E-state index in [9.17, 15) is 0 Å². The second-order valence-corrected chi connectivity index (χ2v) is 7.99. The number of nitrogen functional groups attached to an aromatic ring is 1. The molecule has 1 aliphatic rings. The second kappa shape index (κ2) is 6.67. The number of para-hydroxylation sites is 1. The lowest BCUT2D eigenvalue weighted by atomic mass is 9.97. The van der Waals surface area contributed by atoms with Crippen LogP contribution in [0, 0.1) is 0 Å². The maximum atomic E-state index is 6.36. The zero-order chi connectivity index (χ0) is 20.1. The number of pyridine rings is 1. The van der Waals surface area contributed by atoms with E-state index in [4.69, 9.17) is 5.73 Å². The fourth-order valence-corrected chi connectivity index (χ4v) is 4.43. The quantitative estimate of drug-likeness (QED) is 0.558. The molecule has 4 heterocycles. The number of hydrogen-bond acceptors (Lipinski definition) is 5. The van der Waals surface area contributed by atoms with Gasteiger partial charge in [0.05, 0.1) is 16.6 Å². The molecule has 1 atom stereocenters. The lowest BCUT2D eigenvalue weighted by Crippen LogP contribution is -2.38. The summed E-state index contributed by atoms with van der Waals surface area (Å²) in [6.07, 6.45) is 5.78. The zero-order valence-electron chi connectivity index (χ0n) is 16.8. The van der Waals surface area contributed by atoms with Gasteiger partial charge in [-0.1, -0.05) is 38.1 Å². The first-order chi connectivity index (χ1) is 14.0. The summed E-state index contributed by atoms with van der Waals surface area (Å²) in [6, 6.07) is 11.0. The summed E-state index contributed by atoms with van der Waals surface area (Å²) in [5.41, 5.74) is 12.7. The van der Waals surface area contributed by atoms with Crippen LogP contribution in [-0.2, 0) is 6.54 Å². The molecule has 1 unspecified atom stereocenters. The smallest absolute Gasteiger partial charge is 0.146 e. The van der Waals surface area contributed by atoms with E-state index in [0.29, 0.717) is 11.9 Å². The topological polar surface area (TPSA) is 81.7 Å². The minimum Gasteiger partial charge on any atom is -0.383 e. The monoisotopic (exact) mass is 384 g/mol. The molecule has 0 spiro atoms. The Bertz CT molecular complexity index is 1270. The normalized spacial score (nSPS) is 16.4. The average Bonchev–Trinajstić information content (AvgIpc) is 3.03. The predicted molar refractivity (Wildman–Crippen MR) is 118 cm³/mol. The molecule has 0 aliphatic carbocycles. The Kier molecular flexibility index (Phi) is 4.10. The van der Waals surface area contributed by atoms with Crippen LogP contribution >= 0.6 is 0 Å². The summed E-state index contributed by atoms with van der Waals surface area (Å²) in [5.74, 6) is 0.501. The predicted octanol–water partition coefficient (Wildman–Crippen LogP) is 4.01. The number of allylic oxidation sites excluding steroid dienone is 1. The minimum atomic E-state index is 0.247. The van der Waals surface area contributed by atoms with Gasteiger partial charge in [-0.05, 0) is 24.6 Å². The first kappa shape index (κ1) is 17.8. The van der Waals surface area contributed by atoms with E-state index < -0.39 is 0 Å². The summed E-state index contributed by atoms with van der Waals surface area (Å²) < 4.78 is 2.27. The van der Waals surface area contributed by atoms with E-state index in [1.165, 1.54) is 5.57 Å². The van der Waals surface area contributed by atoms with E-state index in [1.807, 2.05) is 24.4 Å². The molecule has 0 saturated heterocycles. The van der Waals surface area contributed by atoms with Crippen molar-refractivity contribution in [2.24, 2.45) is 0 Å². The Morgan fingerprint density at radius 3 is 2.83 bits per heavy atom. The molecule has 0 radical (unpaired) electrons. The summed E-state index contributed by atoms with van der Waals surface area (Å²) in [5, 5.41) is 5.62. The molecular formula is C23H24N6. The van der Waals surface area contributed by atoms with Crippen LogP contribution in [0.5, 0.6) is 0 Å². The number of aromatic nitrogens is 4. The van der Waals surface area contributed by atoms with Crippen LogP contribution in [0.3, 0.4) is 0 Å². The first-order valence-corrected chi connectivity index (χ1v) is 9.95. The van der Waals surface area contributed by atoms with Crippen LogP contribution in [0.25, 0.3) is 38.6 Å². The number of hydrogen-bond donors (Lipinski definition) is 2. The van der Waals surface area contributed by atoms with E-state index in [0.717, 1.165) is 45.3 Å². The van der Waals surface area contributed by atoms with Gasteiger partial charge in [-0.15, -0.1) is 0 Å². The van der Waals surface area contributed by atoms with Crippen LogP contribution < -0.4 is 11.1 Å². The van der Waals surface area contributed by atoms with E-state index >= 15 is 0 Å². The van der Waals surface area contributed by atoms with Gasteiger partial charge in [0.1, 0.15) is 17.8 Å². The number of rotatable bonds is 3. The Labute approximate surface area is 169 Å². The Morgan fingerprint density at radius 2 is 2.00 bits per heavy atom. The van der Waals surface area contributed by atoms with Crippen molar-refractivity contribution in [3.8, 4) is 11.1 Å². The minimum absolute atomic E-state index is 0.247. The Hall–Kier alpha value is -3.25. The van der Waals surface area contributed by atoms with Gasteiger partial charge in [0, 0.05) is 41.3 Å². The van der Waals surface area contributed by atoms with Crippen molar-refractivity contribution in [2.45, 2.75) is 39.4 Å². The number of nitrogens with two attached hydrogens (primary N) is 1. The summed E-state index contributed by atoms with van der Waals surface area (Å²) in [4.78, 5) is 13.6. The number of nitrogens with one attached hydrogen (secondary N) is 1. The third-order valence-corrected chi connectivity index (χ3v) is 5.50. The molecule has 0 fully saturated rings. The van der Waals surface area contributed by atoms with Crippen LogP contribution in [0.1, 0.15) is 26.5 Å². The third-order valence-electron chi connectivity index (χ3n) is 5.50. The second-order valence-electron chi connectivity index (χ2n) is 7.99. The Morgan fingerprint density at radius 1 is 1.17 bits per heavy atom. The standard InChI is InChI=1S/C23H24N6/c1-13(2)28-17-8-14(3)21-19(16-9-15-6-4-5-7-18(15)25-10-16)20-22(24)26-12-27-23(20)29(21)11-17/h4-10,12-13,17,28H,11H2,1-3H3,(H2,24,26,27). The van der Waals surface area contributed by atoms with Crippen LogP contribution in [-0.4, -0.2) is 31.6 Å². The highest BCUT2D eigenvalue weighted by Crippen LogP contribution is 2.41. The molecule has 6 heteroatoms. The molecule has 3 aromatic heterocycles. The third kappa shape index (κ3) is 2.87. The summed E-state index contributed by atoms with van der Waals surface area (Å²) >= 11 is 0. The lowest BCUT2D eigenvalue weighted by Gasteiger charge is -2.26. The van der Waals surface area contributed by atoms with Gasteiger partial charge in [0.2, 0.25) is 0 Å². The van der Waals surface area contributed by atoms with Crippen molar-refractivity contribution in [1.82, 2.24) is 24.8 Å². The highest BCUT2D eigenvalue weighted by molar-refractivity contribution is 6.06. The number of anilines is 1. The molecule has 4 aromatic rings. The molecule has 6 nitrogen and oxygen atoms in total. The number of nitrogens with zero attached hydrogens (tertiary/aromatic N) is 4. The van der Waals surface area contributed by atoms with Crippen molar-refractivity contribution in [3.63, 3.8) is 0 Å². The molecule has 0 amide bonds. The summed E-state index contributed by atoms with van der Waals surface area (Å²) in [7, 11) is 0. The maximum absolute atomic E-state index is 6.36. The van der Waals surface area contributed by atoms with E-state index in [2.05, 4.69) is 63.8 Å². The molecule has 3 N–H and O–H groups in total. The molecule has 29 heavy (non-hydrogen) atoms. The van der Waals surface area contributed by atoms with Gasteiger partial charge in [0.25, 0.3) is 0 Å². The molecule has 1 aromatic carbocycles. The molecular weight excluding hydrogens is 360 g/mol. The van der Waals surface area contributed by atoms with Crippen LogP contribution in [0.15, 0.2) is 48.9 Å². The van der Waals surface area contributed by atoms with Gasteiger partial charge in [-0.25, -0.2) is 9.97 Å². The van der Waals surface area contributed by atoms with E-state index in [1.54, 1.807) is 6.33 Å². The largest absolute Gasteiger partial charge is 0.383 e. The van der Waals surface area contributed by atoms with Crippen molar-refractivity contribution in [2.75, 3.05) is 5.73 Å². The van der Waals surface area contributed by atoms with Crippen LogP contribution in [0.4, 0.5) is 5.82 Å². The van der Waals surface area contributed by atoms with Gasteiger partial charge in [-0.3, -0.25) is 4.98 Å². The highest BCUT2D eigenvalue weighted by Gasteiger charge is 2.28. The van der Waals surface area contributed by atoms with Gasteiger partial charge < -0.3 is 15.6 Å². The number of benzene rings is 1. The molecule has 0 saturated carbocycles. The number of fused-ring (bicyclic) bond motifs is 4. The highest BCUT2D eigenvalue weighted by atomic mass is 15.1. The molecule has 1 aliphatic heterocycles. The lowest BCUT2D eigenvalue weighted by molar-refractivity contribution is 0.467. The van der Waals surface area contributed by atoms with Crippen molar-refractivity contribution in [3.05, 3.63) is 54.6 Å². The molecule has 0 bridgehead atoms. The van der Waals surface area contributed by atoms with Gasteiger partial charge in [0.15, 0.2) is 0 Å². The maximum Gasteiger partial charge on any atom is 0.146 e. The first-order valence-electron chi connectivity index (χ1n) is 9.95. The van der Waals surface area contributed by atoms with Gasteiger partial charge >= 0.3 is 0 Å². The average molecular weight is 384 g/mol. The summed E-state index contributed by atoms with van der Waals surface area (Å²) in [6.45, 7) is 7.29. The van der Waals surface area contributed by atoms with Crippen LogP contribution in [0.2, 0.25) is 0 Å².